The Kier molecular flexibility index (Phi) is 5.42. The molecule has 4 nitrogen and oxygen atoms in total. The summed E-state index contributed by atoms with van der Waals surface area (Å²) < 4.78 is 11.4. The molecule has 0 radical (unpaired) electrons. The lowest BCUT2D eigenvalue weighted by Crippen LogP contribution is -2.09. The largest absolute Gasteiger partial charge is 0.452 e. The molecule has 150 valence electrons. The third-order valence-corrected chi connectivity index (χ3v) is 5.22. The van der Waals surface area contributed by atoms with Gasteiger partial charge in [-0.3, -0.25) is 4.79 Å². The van der Waals surface area contributed by atoms with Crippen molar-refractivity contribution in [2.24, 2.45) is 0 Å². The van der Waals surface area contributed by atoms with Gasteiger partial charge in [0.1, 0.15) is 11.5 Å². The first-order valence-corrected chi connectivity index (χ1v) is 9.98. The van der Waals surface area contributed by atoms with Crippen LogP contribution in [0.5, 0.6) is 11.5 Å². The number of fused-ring (bicyclic) bond motifs is 1. The van der Waals surface area contributed by atoms with Gasteiger partial charge in [-0.05, 0) is 60.9 Å². The second kappa shape index (κ2) is 8.17. The summed E-state index contributed by atoms with van der Waals surface area (Å²) in [7, 11) is 0. The van der Waals surface area contributed by atoms with E-state index in [1.165, 1.54) is 11.6 Å². The lowest BCUT2D eigenvalue weighted by atomic mass is 10.0. The molecule has 3 aromatic carbocycles. The number of esters is 1. The van der Waals surface area contributed by atoms with Crippen molar-refractivity contribution in [2.45, 2.75) is 20.3 Å². The first-order chi connectivity index (χ1) is 14.5. The highest BCUT2D eigenvalue weighted by Crippen LogP contribution is 2.39. The number of rotatable bonds is 4. The third-order valence-electron chi connectivity index (χ3n) is 4.99. The molecule has 5 heteroatoms. The average molecular weight is 419 g/mol. The molecule has 0 bridgehead atoms. The van der Waals surface area contributed by atoms with Crippen LogP contribution in [0.2, 0.25) is 5.02 Å². The summed E-state index contributed by atoms with van der Waals surface area (Å²) in [5.74, 6) is 0.264. The Balaban J connectivity index is 1.59. The van der Waals surface area contributed by atoms with Gasteiger partial charge in [-0.25, -0.2) is 4.79 Å². The predicted molar refractivity (Wildman–Crippen MR) is 116 cm³/mol. The van der Waals surface area contributed by atoms with Crippen LogP contribution in [0.15, 0.2) is 66.4 Å². The van der Waals surface area contributed by atoms with E-state index in [0.717, 1.165) is 12.0 Å². The van der Waals surface area contributed by atoms with Gasteiger partial charge in [0.25, 0.3) is 0 Å². The first-order valence-electron chi connectivity index (χ1n) is 9.61. The molecule has 0 saturated carbocycles. The van der Waals surface area contributed by atoms with Gasteiger partial charge in [-0.1, -0.05) is 48.9 Å². The van der Waals surface area contributed by atoms with Gasteiger partial charge in [0.2, 0.25) is 5.78 Å². The smallest absolute Gasteiger partial charge is 0.343 e. The summed E-state index contributed by atoms with van der Waals surface area (Å²) in [5.41, 5.74) is 3.48. The van der Waals surface area contributed by atoms with Gasteiger partial charge >= 0.3 is 5.97 Å². The predicted octanol–water partition coefficient (Wildman–Crippen LogP) is 6.05. The molecular weight excluding hydrogens is 400 g/mol. The Labute approximate surface area is 179 Å². The number of halogens is 1. The monoisotopic (exact) mass is 418 g/mol. The molecule has 0 unspecified atom stereocenters. The maximum absolute atomic E-state index is 12.8. The highest BCUT2D eigenvalue weighted by atomic mass is 35.5. The summed E-state index contributed by atoms with van der Waals surface area (Å²) in [6, 6.07) is 17.7. The molecule has 0 fully saturated rings. The third kappa shape index (κ3) is 3.87. The molecule has 0 aromatic heterocycles. The van der Waals surface area contributed by atoms with Gasteiger partial charge in [-0.15, -0.1) is 0 Å². The van der Waals surface area contributed by atoms with Crippen molar-refractivity contribution in [3.63, 3.8) is 0 Å². The highest BCUT2D eigenvalue weighted by Gasteiger charge is 2.30. The van der Waals surface area contributed by atoms with Crippen molar-refractivity contribution in [3.8, 4) is 11.5 Å². The lowest BCUT2D eigenvalue weighted by molar-refractivity contribution is 0.0733. The topological polar surface area (TPSA) is 52.6 Å². The molecule has 1 aliphatic heterocycles. The van der Waals surface area contributed by atoms with Crippen molar-refractivity contribution in [2.75, 3.05) is 0 Å². The fourth-order valence-corrected chi connectivity index (χ4v) is 3.44. The van der Waals surface area contributed by atoms with Crippen LogP contribution in [-0.2, 0) is 6.42 Å². The zero-order valence-corrected chi connectivity index (χ0v) is 17.3. The standard InChI is InChI=1S/C25H19ClO4/c1-3-16-7-9-17(10-8-16)13-22-23(27)20-11-12-21(15(2)24(20)29-22)30-25(28)18-5-4-6-19(26)14-18/h4-14H,3H2,1-2H3/b22-13-. The Morgan fingerprint density at radius 2 is 1.87 bits per heavy atom. The van der Waals surface area contributed by atoms with Crippen LogP contribution in [0.1, 0.15) is 44.3 Å². The maximum atomic E-state index is 12.8. The summed E-state index contributed by atoms with van der Waals surface area (Å²) in [6.07, 6.45) is 2.67. The Hall–Kier alpha value is -3.37. The van der Waals surface area contributed by atoms with E-state index in [9.17, 15) is 9.59 Å². The molecule has 3 aromatic rings. The number of ketones is 1. The summed E-state index contributed by atoms with van der Waals surface area (Å²) in [4.78, 5) is 25.2. The van der Waals surface area contributed by atoms with Gasteiger partial charge in [-0.2, -0.15) is 0 Å². The summed E-state index contributed by atoms with van der Waals surface area (Å²) >= 11 is 5.94. The van der Waals surface area contributed by atoms with Crippen LogP contribution in [0, 0.1) is 6.92 Å². The molecule has 4 rings (SSSR count). The molecule has 0 spiro atoms. The van der Waals surface area contributed by atoms with Crippen molar-refractivity contribution in [1.29, 1.82) is 0 Å². The summed E-state index contributed by atoms with van der Waals surface area (Å²) in [6.45, 7) is 3.85. The van der Waals surface area contributed by atoms with Gasteiger partial charge in [0.05, 0.1) is 11.1 Å². The molecule has 30 heavy (non-hydrogen) atoms. The second-order valence-electron chi connectivity index (χ2n) is 7.00. The average Bonchev–Trinajstić information content (AvgIpc) is 3.07. The second-order valence-corrected chi connectivity index (χ2v) is 7.44. The Morgan fingerprint density at radius 1 is 1.10 bits per heavy atom. The number of hydrogen-bond acceptors (Lipinski definition) is 4. The van der Waals surface area contributed by atoms with Crippen LogP contribution >= 0.6 is 11.6 Å². The molecule has 0 saturated heterocycles. The number of allylic oxidation sites excluding steroid dienone is 1. The minimum atomic E-state index is -0.531. The van der Waals surface area contributed by atoms with Gasteiger partial charge in [0, 0.05) is 10.6 Å². The number of aryl methyl sites for hydroxylation is 1. The normalized spacial score (nSPS) is 13.8. The molecule has 0 atom stereocenters. The van der Waals surface area contributed by atoms with E-state index in [0.29, 0.717) is 33.2 Å². The van der Waals surface area contributed by atoms with Crippen LogP contribution in [0.25, 0.3) is 6.08 Å². The van der Waals surface area contributed by atoms with E-state index in [2.05, 4.69) is 6.92 Å². The fourth-order valence-electron chi connectivity index (χ4n) is 3.25. The van der Waals surface area contributed by atoms with Crippen molar-refractivity contribution >= 4 is 29.4 Å². The van der Waals surface area contributed by atoms with Crippen molar-refractivity contribution < 1.29 is 19.1 Å². The van der Waals surface area contributed by atoms with Crippen LogP contribution in [-0.4, -0.2) is 11.8 Å². The molecule has 0 N–H and O–H groups in total. The Bertz CT molecular complexity index is 1180. The quantitative estimate of drug-likeness (QED) is 0.294. The number of benzene rings is 3. The first kappa shape index (κ1) is 19.9. The molecular formula is C25H19ClO4. The van der Waals surface area contributed by atoms with Crippen LogP contribution in [0.3, 0.4) is 0 Å². The van der Waals surface area contributed by atoms with Crippen LogP contribution < -0.4 is 9.47 Å². The molecule has 0 amide bonds. The highest BCUT2D eigenvalue weighted by molar-refractivity contribution is 6.30. The molecule has 1 heterocycles. The minimum absolute atomic E-state index is 0.194. The number of ether oxygens (including phenoxy) is 2. The van der Waals surface area contributed by atoms with E-state index in [1.54, 1.807) is 43.3 Å². The summed E-state index contributed by atoms with van der Waals surface area (Å²) in [5, 5.41) is 0.450. The van der Waals surface area contributed by atoms with E-state index >= 15 is 0 Å². The van der Waals surface area contributed by atoms with Crippen molar-refractivity contribution in [1.82, 2.24) is 0 Å². The number of carbonyl (C=O) groups is 2. The van der Waals surface area contributed by atoms with Gasteiger partial charge < -0.3 is 9.47 Å². The number of carbonyl (C=O) groups excluding carboxylic acids is 2. The fraction of sp³-hybridized carbons (Fsp3) is 0.120. The van der Waals surface area contributed by atoms with E-state index in [4.69, 9.17) is 21.1 Å². The minimum Gasteiger partial charge on any atom is -0.452 e. The van der Waals surface area contributed by atoms with Crippen LogP contribution in [0.4, 0.5) is 0 Å². The Morgan fingerprint density at radius 3 is 2.57 bits per heavy atom. The zero-order chi connectivity index (χ0) is 21.3. The SMILES string of the molecule is CCc1ccc(/C=C2\Oc3c(ccc(OC(=O)c4cccc(Cl)c4)c3C)C2=O)cc1. The van der Waals surface area contributed by atoms with E-state index < -0.39 is 5.97 Å². The maximum Gasteiger partial charge on any atom is 0.343 e. The van der Waals surface area contributed by atoms with E-state index in [1.807, 2.05) is 24.3 Å². The van der Waals surface area contributed by atoms with Crippen molar-refractivity contribution in [3.05, 3.63) is 99.3 Å². The molecule has 0 aliphatic carbocycles. The van der Waals surface area contributed by atoms with E-state index in [-0.39, 0.29) is 11.5 Å². The molecule has 1 aliphatic rings. The lowest BCUT2D eigenvalue weighted by Gasteiger charge is -2.10. The van der Waals surface area contributed by atoms with Gasteiger partial charge in [0.15, 0.2) is 5.76 Å². The number of hydrogen-bond donors (Lipinski definition) is 0. The number of Topliss-reactive ketones (excluding diaryl/α,β-unsaturated/α-hetero) is 1. The zero-order valence-electron chi connectivity index (χ0n) is 16.6.